The zero-order valence-electron chi connectivity index (χ0n) is 12.3. The lowest BCUT2D eigenvalue weighted by atomic mass is 9.77. The van der Waals surface area contributed by atoms with E-state index < -0.39 is 0 Å². The number of piperidine rings is 1. The third-order valence-electron chi connectivity index (χ3n) is 4.34. The fourth-order valence-corrected chi connectivity index (χ4v) is 3.39. The van der Waals surface area contributed by atoms with Gasteiger partial charge in [0, 0.05) is 36.6 Å². The molecule has 0 saturated carbocycles. The summed E-state index contributed by atoms with van der Waals surface area (Å²) in [6.07, 6.45) is 8.18. The maximum absolute atomic E-state index is 4.21. The van der Waals surface area contributed by atoms with Crippen molar-refractivity contribution in [2.75, 3.05) is 13.1 Å². The summed E-state index contributed by atoms with van der Waals surface area (Å²) in [7, 11) is 0. The fraction of sp³-hybridized carbons (Fsp3) is 0.500. The number of aromatic amines is 1. The number of pyridine rings is 1. The molecule has 0 unspecified atom stereocenters. The van der Waals surface area contributed by atoms with Gasteiger partial charge in [-0.05, 0) is 43.5 Å². The number of hydrogen-bond acceptors (Lipinski definition) is 3. The summed E-state index contributed by atoms with van der Waals surface area (Å²) >= 11 is 0. The highest BCUT2D eigenvalue weighted by molar-refractivity contribution is 5.25. The van der Waals surface area contributed by atoms with E-state index in [1.165, 1.54) is 29.7 Å². The van der Waals surface area contributed by atoms with Crippen LogP contribution in [0.4, 0.5) is 0 Å². The van der Waals surface area contributed by atoms with Crippen LogP contribution >= 0.6 is 0 Å². The van der Waals surface area contributed by atoms with E-state index in [-0.39, 0.29) is 5.41 Å². The summed E-state index contributed by atoms with van der Waals surface area (Å²) in [5, 5.41) is 7.41. The second kappa shape index (κ2) is 5.37. The molecule has 2 aromatic heterocycles. The summed E-state index contributed by atoms with van der Waals surface area (Å²) in [5.74, 6) is 0. The minimum absolute atomic E-state index is 0.182. The first kappa shape index (κ1) is 13.3. The van der Waals surface area contributed by atoms with Crippen LogP contribution in [0.1, 0.15) is 36.6 Å². The average molecular weight is 270 g/mol. The third kappa shape index (κ3) is 2.61. The molecule has 3 heterocycles. The van der Waals surface area contributed by atoms with E-state index in [0.717, 1.165) is 19.6 Å². The van der Waals surface area contributed by atoms with Gasteiger partial charge in [0.05, 0.1) is 6.20 Å². The van der Waals surface area contributed by atoms with Gasteiger partial charge in [0.2, 0.25) is 0 Å². The van der Waals surface area contributed by atoms with E-state index in [9.17, 15) is 0 Å². The van der Waals surface area contributed by atoms with Crippen LogP contribution in [0, 0.1) is 6.92 Å². The second-order valence-corrected chi connectivity index (χ2v) is 6.16. The normalized spacial score (nSPS) is 23.9. The van der Waals surface area contributed by atoms with E-state index in [1.54, 1.807) is 0 Å². The summed E-state index contributed by atoms with van der Waals surface area (Å²) < 4.78 is 0. The minimum Gasteiger partial charge on any atom is -0.298 e. The number of rotatable bonds is 3. The molecule has 3 rings (SSSR count). The largest absolute Gasteiger partial charge is 0.298 e. The van der Waals surface area contributed by atoms with Crippen LogP contribution < -0.4 is 0 Å². The highest BCUT2D eigenvalue weighted by Crippen LogP contribution is 2.34. The number of hydrogen-bond donors (Lipinski definition) is 1. The van der Waals surface area contributed by atoms with Crippen molar-refractivity contribution in [2.24, 2.45) is 0 Å². The summed E-state index contributed by atoms with van der Waals surface area (Å²) in [4.78, 5) is 6.74. The minimum atomic E-state index is 0.182. The molecule has 0 bridgehead atoms. The molecule has 106 valence electrons. The smallest absolute Gasteiger partial charge is 0.0519 e. The third-order valence-corrected chi connectivity index (χ3v) is 4.34. The lowest BCUT2D eigenvalue weighted by molar-refractivity contribution is 0.146. The molecule has 4 nitrogen and oxygen atoms in total. The number of nitrogens with one attached hydrogen (secondary N) is 1. The van der Waals surface area contributed by atoms with Crippen molar-refractivity contribution in [3.05, 3.63) is 47.5 Å². The molecule has 2 aromatic rings. The summed E-state index contributed by atoms with van der Waals surface area (Å²) in [6, 6.07) is 4.16. The zero-order chi connectivity index (χ0) is 14.0. The number of likely N-dealkylation sites (tertiary alicyclic amines) is 1. The van der Waals surface area contributed by atoms with Crippen molar-refractivity contribution < 1.29 is 0 Å². The maximum Gasteiger partial charge on any atom is 0.0519 e. The number of aryl methyl sites for hydroxylation is 1. The van der Waals surface area contributed by atoms with E-state index in [0.29, 0.717) is 0 Å². The molecular formula is C16H22N4. The van der Waals surface area contributed by atoms with Crippen molar-refractivity contribution in [1.82, 2.24) is 20.1 Å². The van der Waals surface area contributed by atoms with Gasteiger partial charge < -0.3 is 0 Å². The molecule has 1 N–H and O–H groups in total. The Labute approximate surface area is 120 Å². The predicted octanol–water partition coefficient (Wildman–Crippen LogP) is 2.67. The predicted molar refractivity (Wildman–Crippen MR) is 79.4 cm³/mol. The second-order valence-electron chi connectivity index (χ2n) is 6.16. The SMILES string of the molecule is Cc1cn[nH]c1[C@@]1(C)CCCN(Cc2cccnc2)C1. The van der Waals surface area contributed by atoms with Gasteiger partial charge in [-0.1, -0.05) is 13.0 Å². The fourth-order valence-electron chi connectivity index (χ4n) is 3.39. The molecule has 0 aromatic carbocycles. The Hall–Kier alpha value is -1.68. The van der Waals surface area contributed by atoms with Gasteiger partial charge in [0.25, 0.3) is 0 Å². The first-order chi connectivity index (χ1) is 9.67. The van der Waals surface area contributed by atoms with Gasteiger partial charge in [-0.15, -0.1) is 0 Å². The number of nitrogens with zero attached hydrogens (tertiary/aromatic N) is 3. The first-order valence-corrected chi connectivity index (χ1v) is 7.29. The first-order valence-electron chi connectivity index (χ1n) is 7.29. The summed E-state index contributed by atoms with van der Waals surface area (Å²) in [6.45, 7) is 7.71. The van der Waals surface area contributed by atoms with Gasteiger partial charge in [0.1, 0.15) is 0 Å². The van der Waals surface area contributed by atoms with Crippen LogP contribution in [0.3, 0.4) is 0 Å². The van der Waals surface area contributed by atoms with E-state index in [1.807, 2.05) is 24.7 Å². The molecule has 0 radical (unpaired) electrons. The monoisotopic (exact) mass is 270 g/mol. The molecule has 4 heteroatoms. The standard InChI is InChI=1S/C16H22N4/c1-13-9-18-19-15(13)16(2)6-4-8-20(12-16)11-14-5-3-7-17-10-14/h3,5,7,9-10H,4,6,8,11-12H2,1-2H3,(H,18,19)/t16-/m0/s1. The highest BCUT2D eigenvalue weighted by atomic mass is 15.2. The zero-order valence-corrected chi connectivity index (χ0v) is 12.3. The number of H-pyrrole nitrogens is 1. The lowest BCUT2D eigenvalue weighted by Gasteiger charge is -2.40. The van der Waals surface area contributed by atoms with Crippen LogP contribution in [0.2, 0.25) is 0 Å². The summed E-state index contributed by atoms with van der Waals surface area (Å²) in [5.41, 5.74) is 4.04. The van der Waals surface area contributed by atoms with Crippen LogP contribution in [-0.4, -0.2) is 33.2 Å². The van der Waals surface area contributed by atoms with Crippen molar-refractivity contribution in [1.29, 1.82) is 0 Å². The molecule has 20 heavy (non-hydrogen) atoms. The van der Waals surface area contributed by atoms with Crippen LogP contribution in [0.15, 0.2) is 30.7 Å². The molecular weight excluding hydrogens is 248 g/mol. The van der Waals surface area contributed by atoms with Gasteiger partial charge in [-0.2, -0.15) is 5.10 Å². The molecule has 1 fully saturated rings. The Morgan fingerprint density at radius 1 is 1.40 bits per heavy atom. The van der Waals surface area contributed by atoms with E-state index in [2.05, 4.69) is 40.0 Å². The van der Waals surface area contributed by atoms with Crippen LogP contribution in [-0.2, 0) is 12.0 Å². The average Bonchev–Trinajstić information content (AvgIpc) is 2.87. The highest BCUT2D eigenvalue weighted by Gasteiger charge is 2.34. The molecule has 1 saturated heterocycles. The Bertz CT molecular complexity index is 563. The van der Waals surface area contributed by atoms with Crippen molar-refractivity contribution in [3.8, 4) is 0 Å². The Morgan fingerprint density at radius 3 is 3.00 bits per heavy atom. The molecule has 0 aliphatic carbocycles. The molecule has 0 amide bonds. The van der Waals surface area contributed by atoms with Crippen molar-refractivity contribution in [2.45, 2.75) is 38.6 Å². The van der Waals surface area contributed by atoms with E-state index >= 15 is 0 Å². The van der Waals surface area contributed by atoms with Gasteiger partial charge in [-0.25, -0.2) is 0 Å². The topological polar surface area (TPSA) is 44.8 Å². The maximum atomic E-state index is 4.21. The van der Waals surface area contributed by atoms with Crippen LogP contribution in [0.5, 0.6) is 0 Å². The van der Waals surface area contributed by atoms with Crippen molar-refractivity contribution in [3.63, 3.8) is 0 Å². The molecule has 0 spiro atoms. The van der Waals surface area contributed by atoms with E-state index in [4.69, 9.17) is 0 Å². The van der Waals surface area contributed by atoms with Gasteiger partial charge in [-0.3, -0.25) is 15.0 Å². The Balaban J connectivity index is 1.75. The number of aromatic nitrogens is 3. The van der Waals surface area contributed by atoms with Gasteiger partial charge >= 0.3 is 0 Å². The molecule has 1 aliphatic rings. The lowest BCUT2D eigenvalue weighted by Crippen LogP contribution is -2.44. The quantitative estimate of drug-likeness (QED) is 0.932. The Kier molecular flexibility index (Phi) is 3.57. The van der Waals surface area contributed by atoms with Crippen LogP contribution in [0.25, 0.3) is 0 Å². The van der Waals surface area contributed by atoms with Gasteiger partial charge in [0.15, 0.2) is 0 Å². The Morgan fingerprint density at radius 2 is 2.30 bits per heavy atom. The molecule has 1 aliphatic heterocycles. The molecule has 1 atom stereocenters. The van der Waals surface area contributed by atoms with Crippen molar-refractivity contribution >= 4 is 0 Å².